The number of nitrogens with two attached hydrogens (primary N) is 1. The molecule has 1 aromatic carbocycles. The van der Waals surface area contributed by atoms with E-state index >= 15 is 0 Å². The Kier molecular flexibility index (Phi) is 2.70. The number of rotatable bonds is 3. The second-order valence-electron chi connectivity index (χ2n) is 3.47. The standard InChI is InChI=1S/C11H10N4O2/c1-7(16)9-6-8(11(12)17)2-3-10(9)15-13-4-5-14-15/h2-6H,1H3,(H2,12,17). The molecule has 0 bridgehead atoms. The Bertz CT molecular complexity index is 575. The zero-order valence-electron chi connectivity index (χ0n) is 9.12. The zero-order valence-corrected chi connectivity index (χ0v) is 9.12. The third-order valence-corrected chi connectivity index (χ3v) is 2.29. The van der Waals surface area contributed by atoms with Crippen molar-refractivity contribution in [1.82, 2.24) is 15.0 Å². The van der Waals surface area contributed by atoms with Crippen molar-refractivity contribution in [2.45, 2.75) is 6.92 Å². The molecule has 2 aromatic rings. The molecule has 6 nitrogen and oxygen atoms in total. The lowest BCUT2D eigenvalue weighted by molar-refractivity contribution is 0.1000. The number of ketones is 1. The summed E-state index contributed by atoms with van der Waals surface area (Å²) in [6.07, 6.45) is 3.01. The van der Waals surface area contributed by atoms with Crippen molar-refractivity contribution in [1.29, 1.82) is 0 Å². The van der Waals surface area contributed by atoms with Gasteiger partial charge in [0, 0.05) is 11.1 Å². The van der Waals surface area contributed by atoms with Gasteiger partial charge in [-0.2, -0.15) is 15.0 Å². The quantitative estimate of drug-likeness (QED) is 0.780. The molecule has 2 rings (SSSR count). The molecule has 2 N–H and O–H groups in total. The number of amides is 1. The summed E-state index contributed by atoms with van der Waals surface area (Å²) in [6.45, 7) is 1.41. The van der Waals surface area contributed by atoms with Crippen LogP contribution in [0.1, 0.15) is 27.6 Å². The van der Waals surface area contributed by atoms with Crippen LogP contribution in [0.2, 0.25) is 0 Å². The lowest BCUT2D eigenvalue weighted by Gasteiger charge is -2.06. The lowest BCUT2D eigenvalue weighted by Crippen LogP contribution is -2.14. The largest absolute Gasteiger partial charge is 0.366 e. The zero-order chi connectivity index (χ0) is 12.4. The number of primary amides is 1. The van der Waals surface area contributed by atoms with Gasteiger partial charge in [-0.1, -0.05) is 0 Å². The Balaban J connectivity index is 2.61. The van der Waals surface area contributed by atoms with E-state index in [9.17, 15) is 9.59 Å². The number of carbonyl (C=O) groups is 2. The third kappa shape index (κ3) is 2.05. The number of hydrogen-bond acceptors (Lipinski definition) is 4. The second-order valence-corrected chi connectivity index (χ2v) is 3.47. The Morgan fingerprint density at radius 1 is 1.24 bits per heavy atom. The van der Waals surface area contributed by atoms with Gasteiger partial charge in [0.05, 0.1) is 18.1 Å². The molecule has 1 aromatic heterocycles. The van der Waals surface area contributed by atoms with Gasteiger partial charge in [-0.05, 0) is 25.1 Å². The van der Waals surface area contributed by atoms with Gasteiger partial charge in [0.15, 0.2) is 5.78 Å². The van der Waals surface area contributed by atoms with E-state index in [2.05, 4.69) is 10.2 Å². The van der Waals surface area contributed by atoms with E-state index in [1.54, 1.807) is 6.07 Å². The summed E-state index contributed by atoms with van der Waals surface area (Å²) in [5.41, 5.74) is 6.33. The first-order chi connectivity index (χ1) is 8.09. The smallest absolute Gasteiger partial charge is 0.248 e. The van der Waals surface area contributed by atoms with Crippen LogP contribution in [0.15, 0.2) is 30.6 Å². The van der Waals surface area contributed by atoms with Crippen LogP contribution in [0.25, 0.3) is 5.69 Å². The van der Waals surface area contributed by atoms with Crippen LogP contribution in [-0.4, -0.2) is 26.7 Å². The molecule has 0 atom stereocenters. The van der Waals surface area contributed by atoms with E-state index in [1.807, 2.05) is 0 Å². The second kappa shape index (κ2) is 4.17. The number of carbonyl (C=O) groups excluding carboxylic acids is 2. The van der Waals surface area contributed by atoms with Gasteiger partial charge in [0.2, 0.25) is 5.91 Å². The van der Waals surface area contributed by atoms with Gasteiger partial charge in [-0.15, -0.1) is 0 Å². The maximum Gasteiger partial charge on any atom is 0.248 e. The average molecular weight is 230 g/mol. The van der Waals surface area contributed by atoms with Crippen molar-refractivity contribution in [2.75, 3.05) is 0 Å². The number of hydrogen-bond donors (Lipinski definition) is 1. The molecule has 0 spiro atoms. The fourth-order valence-corrected chi connectivity index (χ4v) is 1.49. The fourth-order valence-electron chi connectivity index (χ4n) is 1.49. The summed E-state index contributed by atoms with van der Waals surface area (Å²) in [6, 6.07) is 4.58. The Morgan fingerprint density at radius 3 is 2.41 bits per heavy atom. The van der Waals surface area contributed by atoms with Gasteiger partial charge in [-0.25, -0.2) is 0 Å². The molecule has 1 heterocycles. The summed E-state index contributed by atoms with van der Waals surface area (Å²) in [5.74, 6) is -0.757. The van der Waals surface area contributed by atoms with Crippen molar-refractivity contribution in [3.8, 4) is 5.69 Å². The van der Waals surface area contributed by atoms with Crippen molar-refractivity contribution >= 4 is 11.7 Å². The highest BCUT2D eigenvalue weighted by molar-refractivity contribution is 6.01. The molecule has 86 valence electrons. The van der Waals surface area contributed by atoms with E-state index in [4.69, 9.17) is 5.73 Å². The lowest BCUT2D eigenvalue weighted by atomic mass is 10.1. The number of Topliss-reactive ketones (excluding diaryl/α,β-unsaturated/α-hetero) is 1. The molecule has 0 saturated heterocycles. The van der Waals surface area contributed by atoms with Crippen LogP contribution in [0.5, 0.6) is 0 Å². The number of nitrogens with zero attached hydrogens (tertiary/aromatic N) is 3. The Morgan fingerprint density at radius 2 is 1.88 bits per heavy atom. The van der Waals surface area contributed by atoms with Crippen molar-refractivity contribution in [2.24, 2.45) is 5.73 Å². The minimum atomic E-state index is -0.576. The Labute approximate surface area is 97.0 Å². The maximum atomic E-state index is 11.5. The molecule has 0 aliphatic heterocycles. The van der Waals surface area contributed by atoms with Crippen molar-refractivity contribution in [3.05, 3.63) is 41.7 Å². The molecule has 0 aliphatic rings. The van der Waals surface area contributed by atoms with E-state index in [1.165, 1.54) is 36.2 Å². The third-order valence-electron chi connectivity index (χ3n) is 2.29. The Hall–Kier alpha value is -2.50. The first-order valence-electron chi connectivity index (χ1n) is 4.91. The topological polar surface area (TPSA) is 90.9 Å². The molecule has 6 heteroatoms. The molecule has 0 saturated carbocycles. The van der Waals surface area contributed by atoms with Gasteiger partial charge in [0.1, 0.15) is 0 Å². The molecule has 0 unspecified atom stereocenters. The van der Waals surface area contributed by atoms with Gasteiger partial charge >= 0.3 is 0 Å². The van der Waals surface area contributed by atoms with Crippen LogP contribution in [0.3, 0.4) is 0 Å². The average Bonchev–Trinajstić information content (AvgIpc) is 2.81. The summed E-state index contributed by atoms with van der Waals surface area (Å²) in [7, 11) is 0. The highest BCUT2D eigenvalue weighted by Crippen LogP contribution is 2.15. The first kappa shape index (κ1) is 11.0. The van der Waals surface area contributed by atoms with Gasteiger partial charge < -0.3 is 5.73 Å². The van der Waals surface area contributed by atoms with Gasteiger partial charge in [-0.3, -0.25) is 9.59 Å². The normalized spacial score (nSPS) is 10.2. The minimum Gasteiger partial charge on any atom is -0.366 e. The number of benzene rings is 1. The minimum absolute atomic E-state index is 0.180. The van der Waals surface area contributed by atoms with Crippen LogP contribution in [0.4, 0.5) is 0 Å². The SMILES string of the molecule is CC(=O)c1cc(C(N)=O)ccc1-n1nccn1. The predicted molar refractivity (Wildman–Crippen MR) is 59.9 cm³/mol. The molecule has 0 aliphatic carbocycles. The van der Waals surface area contributed by atoms with E-state index in [0.29, 0.717) is 11.3 Å². The summed E-state index contributed by atoms with van der Waals surface area (Å²) in [5, 5.41) is 7.88. The van der Waals surface area contributed by atoms with Crippen LogP contribution < -0.4 is 5.73 Å². The fraction of sp³-hybridized carbons (Fsp3) is 0.0909. The first-order valence-corrected chi connectivity index (χ1v) is 4.91. The van der Waals surface area contributed by atoms with Crippen LogP contribution >= 0.6 is 0 Å². The molecular formula is C11H10N4O2. The van der Waals surface area contributed by atoms with Gasteiger partial charge in [0.25, 0.3) is 0 Å². The summed E-state index contributed by atoms with van der Waals surface area (Å²) in [4.78, 5) is 23.9. The molecule has 0 fully saturated rings. The highest BCUT2D eigenvalue weighted by Gasteiger charge is 2.13. The van der Waals surface area contributed by atoms with Crippen LogP contribution in [0, 0.1) is 0 Å². The van der Waals surface area contributed by atoms with Crippen molar-refractivity contribution < 1.29 is 9.59 Å². The molecule has 17 heavy (non-hydrogen) atoms. The summed E-state index contributed by atoms with van der Waals surface area (Å²) >= 11 is 0. The van der Waals surface area contributed by atoms with E-state index < -0.39 is 5.91 Å². The molecule has 0 radical (unpaired) electrons. The summed E-state index contributed by atoms with van der Waals surface area (Å²) < 4.78 is 0. The highest BCUT2D eigenvalue weighted by atomic mass is 16.1. The predicted octanol–water partition coefficient (Wildman–Crippen LogP) is 0.569. The van der Waals surface area contributed by atoms with E-state index in [0.717, 1.165) is 0 Å². The van der Waals surface area contributed by atoms with Crippen LogP contribution in [-0.2, 0) is 0 Å². The molecule has 1 amide bonds. The maximum absolute atomic E-state index is 11.5. The monoisotopic (exact) mass is 230 g/mol. The molecular weight excluding hydrogens is 220 g/mol. The van der Waals surface area contributed by atoms with Crippen molar-refractivity contribution in [3.63, 3.8) is 0 Å². The number of aromatic nitrogens is 3. The van der Waals surface area contributed by atoms with E-state index in [-0.39, 0.29) is 11.3 Å².